The molecular formula is C23H21F2N5O. The summed E-state index contributed by atoms with van der Waals surface area (Å²) in [5, 5.41) is 9.04. The molecule has 3 aromatic rings. The van der Waals surface area contributed by atoms with E-state index in [0.717, 1.165) is 25.9 Å². The van der Waals surface area contributed by atoms with E-state index in [1.165, 1.54) is 31.4 Å². The van der Waals surface area contributed by atoms with Crippen LogP contribution in [0.2, 0.25) is 0 Å². The largest absolute Gasteiger partial charge is 0.494 e. The Morgan fingerprint density at radius 1 is 1.10 bits per heavy atom. The van der Waals surface area contributed by atoms with Crippen molar-refractivity contribution in [1.82, 2.24) is 9.97 Å². The maximum Gasteiger partial charge on any atom is 0.225 e. The molecule has 0 amide bonds. The maximum absolute atomic E-state index is 14.4. The van der Waals surface area contributed by atoms with Crippen molar-refractivity contribution in [1.29, 1.82) is 5.26 Å². The molecule has 6 nitrogen and oxygen atoms in total. The van der Waals surface area contributed by atoms with Gasteiger partial charge in [-0.2, -0.15) is 5.26 Å². The molecule has 0 aliphatic carbocycles. The van der Waals surface area contributed by atoms with Crippen molar-refractivity contribution in [2.45, 2.75) is 18.9 Å². The monoisotopic (exact) mass is 421 g/mol. The molecule has 0 bridgehead atoms. The van der Waals surface area contributed by atoms with Crippen LogP contribution in [-0.2, 0) is 0 Å². The molecule has 1 saturated heterocycles. The van der Waals surface area contributed by atoms with Crippen LogP contribution in [0.1, 0.15) is 18.4 Å². The van der Waals surface area contributed by atoms with Crippen molar-refractivity contribution < 1.29 is 13.5 Å². The summed E-state index contributed by atoms with van der Waals surface area (Å²) in [5.41, 5.74) is 7.94. The Morgan fingerprint density at radius 2 is 1.81 bits per heavy atom. The molecule has 1 aliphatic heterocycles. The van der Waals surface area contributed by atoms with Gasteiger partial charge in [0.2, 0.25) is 5.95 Å². The number of aromatic nitrogens is 2. The maximum atomic E-state index is 14.4. The predicted molar refractivity (Wildman–Crippen MR) is 114 cm³/mol. The predicted octanol–water partition coefficient (Wildman–Crippen LogP) is 3.90. The molecule has 2 heterocycles. The smallest absolute Gasteiger partial charge is 0.225 e. The zero-order valence-corrected chi connectivity index (χ0v) is 17.0. The molecule has 2 N–H and O–H groups in total. The van der Waals surface area contributed by atoms with E-state index >= 15 is 0 Å². The Balaban J connectivity index is 1.83. The molecule has 0 saturated carbocycles. The summed E-state index contributed by atoms with van der Waals surface area (Å²) in [7, 11) is 1.39. The van der Waals surface area contributed by atoms with E-state index in [9.17, 15) is 8.78 Å². The molecule has 1 aromatic heterocycles. The number of nitrogens with two attached hydrogens (primary N) is 1. The van der Waals surface area contributed by atoms with E-state index < -0.39 is 11.6 Å². The first kappa shape index (κ1) is 20.7. The van der Waals surface area contributed by atoms with Crippen molar-refractivity contribution in [2.75, 3.05) is 25.1 Å². The zero-order valence-electron chi connectivity index (χ0n) is 17.0. The van der Waals surface area contributed by atoms with Crippen molar-refractivity contribution in [3.8, 4) is 34.2 Å². The lowest BCUT2D eigenvalue weighted by molar-refractivity contribution is 0.386. The summed E-state index contributed by atoms with van der Waals surface area (Å²) in [5.74, 6) is -0.539. The number of benzene rings is 2. The molecule has 1 fully saturated rings. The van der Waals surface area contributed by atoms with Crippen molar-refractivity contribution >= 4 is 5.95 Å². The third-order valence-corrected chi connectivity index (χ3v) is 5.42. The van der Waals surface area contributed by atoms with Gasteiger partial charge in [-0.15, -0.1) is 0 Å². The lowest BCUT2D eigenvalue weighted by Gasteiger charge is -2.30. The second-order valence-electron chi connectivity index (χ2n) is 7.41. The highest BCUT2D eigenvalue weighted by Gasteiger charge is 2.21. The van der Waals surface area contributed by atoms with Gasteiger partial charge in [0.25, 0.3) is 0 Å². The van der Waals surface area contributed by atoms with Gasteiger partial charge < -0.3 is 15.4 Å². The zero-order chi connectivity index (χ0) is 22.0. The summed E-state index contributed by atoms with van der Waals surface area (Å²) in [4.78, 5) is 11.2. The Bertz CT molecular complexity index is 1150. The third-order valence-electron chi connectivity index (χ3n) is 5.42. The van der Waals surface area contributed by atoms with Gasteiger partial charge in [-0.25, -0.2) is 18.7 Å². The van der Waals surface area contributed by atoms with Gasteiger partial charge in [0.1, 0.15) is 11.9 Å². The summed E-state index contributed by atoms with van der Waals surface area (Å²) in [6.07, 6.45) is 3.27. The van der Waals surface area contributed by atoms with Gasteiger partial charge in [0, 0.05) is 36.5 Å². The van der Waals surface area contributed by atoms with Crippen LogP contribution < -0.4 is 15.4 Å². The molecular weight excluding hydrogens is 400 g/mol. The fourth-order valence-electron chi connectivity index (χ4n) is 3.64. The number of hydrogen-bond acceptors (Lipinski definition) is 6. The lowest BCUT2D eigenvalue weighted by Crippen LogP contribution is -2.40. The van der Waals surface area contributed by atoms with E-state index in [0.29, 0.717) is 28.3 Å². The number of hydrogen-bond donors (Lipinski definition) is 1. The first-order valence-electron chi connectivity index (χ1n) is 9.91. The highest BCUT2D eigenvalue weighted by molar-refractivity contribution is 5.81. The highest BCUT2D eigenvalue weighted by atomic mass is 19.1. The fraction of sp³-hybridized carbons (Fsp3) is 0.261. The number of halogens is 2. The molecule has 158 valence electrons. The van der Waals surface area contributed by atoms with Gasteiger partial charge in [-0.05, 0) is 42.7 Å². The molecule has 0 spiro atoms. The van der Waals surface area contributed by atoms with Gasteiger partial charge >= 0.3 is 0 Å². The Hall–Kier alpha value is -3.57. The normalized spacial score (nSPS) is 14.4. The van der Waals surface area contributed by atoms with Crippen LogP contribution in [0.25, 0.3) is 22.4 Å². The summed E-state index contributed by atoms with van der Waals surface area (Å²) >= 11 is 0. The summed E-state index contributed by atoms with van der Waals surface area (Å²) in [6, 6.07) is 10.8. The number of piperidine rings is 1. The van der Waals surface area contributed by atoms with Crippen LogP contribution in [0.5, 0.6) is 5.75 Å². The first-order valence-corrected chi connectivity index (χ1v) is 9.91. The lowest BCUT2D eigenvalue weighted by atomic mass is 9.99. The standard InChI is InChI=1S/C23H21F2N5O/c1-31-21-5-4-14(10-20(21)25)18-13-28-23(30-8-6-17(27)7-9-30)29-22(18)15-2-3-16(12-26)19(24)11-15/h2-5,10-11,13,17H,6-9,27H2,1H3. The van der Waals surface area contributed by atoms with Crippen LogP contribution in [0.3, 0.4) is 0 Å². The number of ether oxygens (including phenoxy) is 1. The number of nitriles is 1. The van der Waals surface area contributed by atoms with E-state index in [2.05, 4.69) is 4.98 Å². The average Bonchev–Trinajstić information content (AvgIpc) is 2.79. The fourth-order valence-corrected chi connectivity index (χ4v) is 3.64. The molecule has 0 radical (unpaired) electrons. The quantitative estimate of drug-likeness (QED) is 0.688. The van der Waals surface area contributed by atoms with Crippen LogP contribution in [-0.4, -0.2) is 36.2 Å². The van der Waals surface area contributed by atoms with Gasteiger partial charge in [-0.1, -0.05) is 12.1 Å². The average molecular weight is 421 g/mol. The Kier molecular flexibility index (Phi) is 5.78. The molecule has 2 aromatic carbocycles. The van der Waals surface area contributed by atoms with Crippen LogP contribution >= 0.6 is 0 Å². The van der Waals surface area contributed by atoms with Crippen LogP contribution in [0.15, 0.2) is 42.6 Å². The topological polar surface area (TPSA) is 88.1 Å². The van der Waals surface area contributed by atoms with E-state index in [1.54, 1.807) is 18.3 Å². The van der Waals surface area contributed by atoms with Crippen molar-refractivity contribution in [2.24, 2.45) is 5.73 Å². The molecule has 4 rings (SSSR count). The first-order chi connectivity index (χ1) is 15.0. The number of nitrogens with zero attached hydrogens (tertiary/aromatic N) is 4. The molecule has 0 unspecified atom stereocenters. The van der Waals surface area contributed by atoms with Crippen molar-refractivity contribution in [3.05, 3.63) is 59.8 Å². The summed E-state index contributed by atoms with van der Waals surface area (Å²) in [6.45, 7) is 1.44. The second kappa shape index (κ2) is 8.66. The van der Waals surface area contributed by atoms with Crippen molar-refractivity contribution in [3.63, 3.8) is 0 Å². The van der Waals surface area contributed by atoms with E-state index in [-0.39, 0.29) is 17.4 Å². The van der Waals surface area contributed by atoms with E-state index in [4.69, 9.17) is 20.7 Å². The van der Waals surface area contributed by atoms with Gasteiger partial charge in [0.05, 0.1) is 18.4 Å². The SMILES string of the molecule is COc1ccc(-c2cnc(N3CCC(N)CC3)nc2-c2ccc(C#N)c(F)c2)cc1F. The molecule has 1 aliphatic rings. The summed E-state index contributed by atoms with van der Waals surface area (Å²) < 4.78 is 33.7. The molecule has 31 heavy (non-hydrogen) atoms. The number of methoxy groups -OCH3 is 1. The van der Waals surface area contributed by atoms with E-state index in [1.807, 2.05) is 11.0 Å². The minimum absolute atomic E-state index is 0.0555. The minimum atomic E-state index is -0.643. The van der Waals surface area contributed by atoms with Gasteiger partial charge in [-0.3, -0.25) is 0 Å². The minimum Gasteiger partial charge on any atom is -0.494 e. The van der Waals surface area contributed by atoms with Crippen LogP contribution in [0.4, 0.5) is 14.7 Å². The number of anilines is 1. The Morgan fingerprint density at radius 3 is 2.45 bits per heavy atom. The number of rotatable bonds is 4. The molecule has 0 atom stereocenters. The second-order valence-corrected chi connectivity index (χ2v) is 7.41. The van der Waals surface area contributed by atoms with Crippen LogP contribution in [0, 0.1) is 23.0 Å². The van der Waals surface area contributed by atoms with Gasteiger partial charge in [0.15, 0.2) is 11.6 Å². The highest BCUT2D eigenvalue weighted by Crippen LogP contribution is 2.34. The Labute approximate surface area is 178 Å². The molecule has 8 heteroatoms. The third kappa shape index (κ3) is 4.18.